The van der Waals surface area contributed by atoms with Crippen molar-refractivity contribution in [3.63, 3.8) is 0 Å². The summed E-state index contributed by atoms with van der Waals surface area (Å²) in [6.07, 6.45) is 0. The number of halogens is 2. The van der Waals surface area contributed by atoms with E-state index in [1.807, 2.05) is 0 Å². The third kappa shape index (κ3) is 8.35. The van der Waals surface area contributed by atoms with Crippen molar-refractivity contribution < 1.29 is 48.1 Å². The van der Waals surface area contributed by atoms with Crippen molar-refractivity contribution in [3.8, 4) is 0 Å². The van der Waals surface area contributed by atoms with E-state index in [0.29, 0.717) is 0 Å². The molecule has 0 bridgehead atoms. The van der Waals surface area contributed by atoms with Gasteiger partial charge in [-0.2, -0.15) is 12.1 Å². The van der Waals surface area contributed by atoms with E-state index < -0.39 is 0 Å². The first-order chi connectivity index (χ1) is 10.7. The second kappa shape index (κ2) is 15.4. The molecule has 0 aliphatic heterocycles. The molecule has 0 N–H and O–H groups in total. The molecule has 0 nitrogen and oxygen atoms in total. The molecule has 0 unspecified atom stereocenters. The molecule has 0 aliphatic rings. The van der Waals surface area contributed by atoms with Gasteiger partial charge >= 0.3 is 30.2 Å². The normalized spacial score (nSPS) is 8.19. The Hall–Kier alpha value is -0.660. The molecular weight excluding hydrogens is 454 g/mol. The Bertz CT molecular complexity index is 726. The van der Waals surface area contributed by atoms with Crippen LogP contribution in [-0.2, 0) is 23.3 Å². The zero-order valence-corrected chi connectivity index (χ0v) is 20.7. The standard InChI is InChI=1S/2C10H9.2CH3.2ClH.Si.Zr/c2*1-8-6-9-4-2-3-5-10(9)7-8;;;;;;/h2*2-7H,1H3;2*1H3;2*1H;;/q4*-1;;;;/p-2. The van der Waals surface area contributed by atoms with Crippen LogP contribution >= 0.6 is 0 Å². The van der Waals surface area contributed by atoms with Crippen LogP contribution in [0.15, 0.2) is 72.8 Å². The number of rotatable bonds is 0. The van der Waals surface area contributed by atoms with Gasteiger partial charge in [-0.25, -0.2) is 0 Å². The molecule has 0 aliphatic carbocycles. The van der Waals surface area contributed by atoms with Gasteiger partial charge in [0.05, 0.1) is 0 Å². The van der Waals surface area contributed by atoms with E-state index in [-0.39, 0.29) is 39.7 Å². The second-order valence-electron chi connectivity index (χ2n) is 5.32. The molecule has 0 atom stereocenters. The Kier molecular flexibility index (Phi) is 17.8. The Balaban J connectivity index is -0.000000326. The van der Waals surface area contributed by atoms with Crippen molar-refractivity contribution in [1.82, 2.24) is 0 Å². The summed E-state index contributed by atoms with van der Waals surface area (Å²) in [6.45, 7) is 7.31. The minimum atomic E-state index is 0. The van der Waals surface area contributed by atoms with E-state index in [1.54, 1.807) is 0 Å². The van der Waals surface area contributed by atoms with Gasteiger partial charge in [0.25, 0.3) is 0 Å². The Morgan fingerprint density at radius 2 is 0.962 bits per heavy atom. The first-order valence-corrected chi connectivity index (χ1v) is 11.4. The molecule has 4 heteroatoms. The van der Waals surface area contributed by atoms with E-state index in [4.69, 9.17) is 0 Å². The van der Waals surface area contributed by atoms with E-state index in [1.165, 1.54) is 56.0 Å². The summed E-state index contributed by atoms with van der Waals surface area (Å²) in [5, 5.41) is 5.39. The fourth-order valence-corrected chi connectivity index (χ4v) is 2.61. The molecule has 140 valence electrons. The predicted molar refractivity (Wildman–Crippen MR) is 107 cm³/mol. The van der Waals surface area contributed by atoms with E-state index in [0.717, 1.165) is 0 Å². The monoisotopic (exact) mass is 476 g/mol. The van der Waals surface area contributed by atoms with Gasteiger partial charge < -0.3 is 39.7 Å². The number of aryl methyl sites for hydroxylation is 2. The van der Waals surface area contributed by atoms with E-state index in [9.17, 15) is 0 Å². The average molecular weight is 479 g/mol. The molecule has 0 fully saturated rings. The molecule has 0 amide bonds. The maximum absolute atomic E-state index is 3.06. The topological polar surface area (TPSA) is 0 Å². The van der Waals surface area contributed by atoms with Crippen molar-refractivity contribution in [2.75, 3.05) is 0 Å². The number of fused-ring (bicyclic) bond motifs is 2. The summed E-state index contributed by atoms with van der Waals surface area (Å²) in [6, 6.07) is 25.7. The Morgan fingerprint density at radius 3 is 1.27 bits per heavy atom. The molecule has 0 saturated heterocycles. The maximum atomic E-state index is 3.06. The van der Waals surface area contributed by atoms with Crippen LogP contribution in [0.1, 0.15) is 11.1 Å². The predicted octanol–water partition coefficient (Wildman–Crippen LogP) is 0.260. The fraction of sp³-hybridized carbons (Fsp3) is 0.0909. The summed E-state index contributed by atoms with van der Waals surface area (Å²) in [5.74, 6) is 0. The van der Waals surface area contributed by atoms with Crippen LogP contribution in [-0.4, -0.2) is 6.88 Å². The van der Waals surface area contributed by atoms with Crippen LogP contribution in [0.25, 0.3) is 21.5 Å². The zero-order valence-electron chi connectivity index (χ0n) is 15.7. The average Bonchev–Trinajstić information content (AvgIpc) is 3.10. The van der Waals surface area contributed by atoms with Gasteiger partial charge in [0, 0.05) is 0 Å². The van der Waals surface area contributed by atoms with Crippen molar-refractivity contribution in [2.45, 2.75) is 13.8 Å². The van der Waals surface area contributed by atoms with Crippen molar-refractivity contribution >= 4 is 28.4 Å². The van der Waals surface area contributed by atoms with Crippen molar-refractivity contribution in [2.24, 2.45) is 0 Å². The Morgan fingerprint density at radius 1 is 0.654 bits per heavy atom. The summed E-state index contributed by atoms with van der Waals surface area (Å²) < 4.78 is 0. The fourth-order valence-electron chi connectivity index (χ4n) is 2.61. The van der Waals surface area contributed by atoms with Crippen LogP contribution < -0.4 is 24.8 Å². The van der Waals surface area contributed by atoms with Crippen molar-refractivity contribution in [3.05, 3.63) is 98.8 Å². The van der Waals surface area contributed by atoms with Crippen LogP contribution in [0.5, 0.6) is 0 Å². The quantitative estimate of drug-likeness (QED) is 0.251. The van der Waals surface area contributed by atoms with Gasteiger partial charge in [0.1, 0.15) is 0 Å². The van der Waals surface area contributed by atoms with Crippen LogP contribution in [0.3, 0.4) is 0 Å². The molecule has 2 radical (unpaired) electrons. The number of hydrogen-bond acceptors (Lipinski definition) is 0. The summed E-state index contributed by atoms with van der Waals surface area (Å²) in [4.78, 5) is 0. The van der Waals surface area contributed by atoms with Gasteiger partial charge in [0.2, 0.25) is 0 Å². The van der Waals surface area contributed by atoms with E-state index in [2.05, 4.69) is 93.5 Å². The number of benzene rings is 2. The third-order valence-corrected chi connectivity index (χ3v) is 3.52. The second-order valence-corrected chi connectivity index (χ2v) is 5.32. The molecule has 4 aromatic carbocycles. The molecule has 0 spiro atoms. The molecule has 0 saturated carbocycles. The zero-order chi connectivity index (χ0) is 15.9. The summed E-state index contributed by atoms with van der Waals surface area (Å²) in [5.41, 5.74) is 2.70. The van der Waals surface area contributed by atoms with Gasteiger partial charge in [0.15, 0.2) is 0 Å². The number of hydrogen-bond donors (Lipinski definition) is 0. The SMILES string of the molecule is Cc1cc2ccccc2[cH-]1.Cc1cc2ccccc2[cH-]1.[CH3-].[CH3-].[Cl-].[Cl-].[Si]=[Zr]. The van der Waals surface area contributed by atoms with Gasteiger partial charge in [-0.1, -0.05) is 26.0 Å². The van der Waals surface area contributed by atoms with Gasteiger partial charge in [-0.05, 0) is 0 Å². The van der Waals surface area contributed by atoms with Crippen LogP contribution in [0, 0.1) is 28.7 Å². The van der Waals surface area contributed by atoms with Crippen LogP contribution in [0.2, 0.25) is 0 Å². The molecule has 26 heavy (non-hydrogen) atoms. The molecule has 4 aromatic rings. The van der Waals surface area contributed by atoms with Crippen molar-refractivity contribution in [1.29, 1.82) is 0 Å². The van der Waals surface area contributed by atoms with Gasteiger partial charge in [-0.15, -0.1) is 81.2 Å². The first-order valence-electron chi connectivity index (χ1n) is 7.21. The van der Waals surface area contributed by atoms with Crippen LogP contribution in [0.4, 0.5) is 0 Å². The molecule has 4 rings (SSSR count). The molecule has 0 heterocycles. The third-order valence-electron chi connectivity index (χ3n) is 3.52. The van der Waals surface area contributed by atoms with E-state index >= 15 is 0 Å². The summed E-state index contributed by atoms with van der Waals surface area (Å²) in [7, 11) is 0. The molecule has 0 aromatic heterocycles. The summed E-state index contributed by atoms with van der Waals surface area (Å²) >= 11 is 1.36. The van der Waals surface area contributed by atoms with Gasteiger partial charge in [-0.3, -0.25) is 0 Å². The molecular formula is C22H24Cl2SiZr-6. The minimum absolute atomic E-state index is 0. The Labute approximate surface area is 188 Å². The first kappa shape index (κ1) is 30.1.